The molecule has 0 N–H and O–H groups in total. The molecule has 0 heterocycles. The van der Waals surface area contributed by atoms with Crippen LogP contribution in [0, 0.1) is 0 Å². The van der Waals surface area contributed by atoms with E-state index in [1.165, 1.54) is 46.4 Å². The van der Waals surface area contributed by atoms with Gasteiger partial charge in [-0.3, -0.25) is 0 Å². The van der Waals surface area contributed by atoms with E-state index in [1.807, 2.05) is 0 Å². The van der Waals surface area contributed by atoms with Crippen molar-refractivity contribution >= 4 is 21.5 Å². The van der Waals surface area contributed by atoms with Gasteiger partial charge >= 0.3 is 0 Å². The van der Waals surface area contributed by atoms with Crippen LogP contribution in [-0.4, -0.2) is 0 Å². The molecule has 0 saturated heterocycles. The summed E-state index contributed by atoms with van der Waals surface area (Å²) in [5.41, 5.74) is 1.72. The van der Waals surface area contributed by atoms with E-state index in [0.717, 1.165) is 0 Å². The molecule has 0 bridgehead atoms. The van der Waals surface area contributed by atoms with Crippen molar-refractivity contribution < 1.29 is 0 Å². The summed E-state index contributed by atoms with van der Waals surface area (Å²) >= 11 is 0. The fourth-order valence-electron chi connectivity index (χ4n) is 3.12. The van der Waals surface area contributed by atoms with Crippen LogP contribution in [0.1, 0.15) is 45.6 Å². The molecule has 0 atom stereocenters. The van der Waals surface area contributed by atoms with E-state index in [1.54, 1.807) is 0 Å². The molecule has 0 radical (unpaired) electrons. The Morgan fingerprint density at radius 1 is 0.762 bits per heavy atom. The zero-order valence-electron chi connectivity index (χ0n) is 13.3. The van der Waals surface area contributed by atoms with Crippen LogP contribution in [0.4, 0.5) is 0 Å². The lowest BCUT2D eigenvalue weighted by Crippen LogP contribution is -2.16. The Balaban J connectivity index is 2.08. The third-order valence-corrected chi connectivity index (χ3v) is 4.64. The molecule has 0 aliphatic heterocycles. The zero-order valence-corrected chi connectivity index (χ0v) is 13.3. The summed E-state index contributed by atoms with van der Waals surface area (Å²) in [7, 11) is 0. The average molecular weight is 276 g/mol. The van der Waals surface area contributed by atoms with Crippen molar-refractivity contribution in [3.05, 3.63) is 60.2 Å². The molecule has 0 aliphatic rings. The fraction of sp³-hybridized carbons (Fsp3) is 0.333. The quantitative estimate of drug-likeness (QED) is 0.480. The van der Waals surface area contributed by atoms with Gasteiger partial charge in [-0.05, 0) is 51.1 Å². The molecule has 0 nitrogen and oxygen atoms in total. The summed E-state index contributed by atoms with van der Waals surface area (Å²) in [6, 6.07) is 20.2. The van der Waals surface area contributed by atoms with Gasteiger partial charge < -0.3 is 0 Å². The van der Waals surface area contributed by atoms with E-state index in [9.17, 15) is 0 Å². The van der Waals surface area contributed by atoms with Crippen molar-refractivity contribution in [3.63, 3.8) is 0 Å². The Morgan fingerprint density at radius 2 is 1.38 bits per heavy atom. The summed E-state index contributed by atoms with van der Waals surface area (Å²) in [6.07, 6.45) is 3.81. The van der Waals surface area contributed by atoms with Crippen molar-refractivity contribution in [1.29, 1.82) is 0 Å². The first-order valence-electron chi connectivity index (χ1n) is 8.03. The van der Waals surface area contributed by atoms with Crippen LogP contribution in [0.5, 0.6) is 0 Å². The van der Waals surface area contributed by atoms with Gasteiger partial charge in [0, 0.05) is 0 Å². The molecule has 3 aromatic carbocycles. The molecule has 0 heteroatoms. The van der Waals surface area contributed by atoms with E-state index in [-0.39, 0.29) is 5.41 Å². The van der Waals surface area contributed by atoms with E-state index in [0.29, 0.717) is 0 Å². The summed E-state index contributed by atoms with van der Waals surface area (Å²) in [6.45, 7) is 7.00. The van der Waals surface area contributed by atoms with Crippen LogP contribution in [0.15, 0.2) is 54.6 Å². The maximum atomic E-state index is 2.39. The molecule has 0 fully saturated rings. The molecule has 108 valence electrons. The van der Waals surface area contributed by atoms with Crippen LogP contribution in [0.2, 0.25) is 0 Å². The maximum absolute atomic E-state index is 2.39. The van der Waals surface area contributed by atoms with Crippen LogP contribution in [0.25, 0.3) is 21.5 Å². The van der Waals surface area contributed by atoms with E-state index in [2.05, 4.69) is 75.4 Å². The summed E-state index contributed by atoms with van der Waals surface area (Å²) in [5, 5.41) is 5.34. The predicted molar refractivity (Wildman–Crippen MR) is 94.0 cm³/mol. The molecule has 0 aromatic heterocycles. The van der Waals surface area contributed by atoms with E-state index >= 15 is 0 Å². The number of unbranched alkanes of at least 4 members (excludes halogenated alkanes) is 1. The lowest BCUT2D eigenvalue weighted by Gasteiger charge is -2.25. The number of fused-ring (bicyclic) bond motifs is 2. The normalized spacial score (nSPS) is 12.1. The maximum Gasteiger partial charge on any atom is -0.0103 e. The molecule has 0 spiro atoms. The molecule has 0 aliphatic carbocycles. The van der Waals surface area contributed by atoms with Crippen molar-refractivity contribution in [2.45, 2.75) is 45.4 Å². The average Bonchev–Trinajstić information content (AvgIpc) is 2.50. The molecular formula is C21H24. The third kappa shape index (κ3) is 2.81. The lowest BCUT2D eigenvalue weighted by molar-refractivity contribution is 0.458. The van der Waals surface area contributed by atoms with Gasteiger partial charge in [0.15, 0.2) is 0 Å². The summed E-state index contributed by atoms with van der Waals surface area (Å²) < 4.78 is 0. The minimum atomic E-state index is 0.260. The minimum absolute atomic E-state index is 0.260. The van der Waals surface area contributed by atoms with Gasteiger partial charge in [-0.15, -0.1) is 0 Å². The zero-order chi connectivity index (χ0) is 14.9. The number of rotatable bonds is 4. The van der Waals surface area contributed by atoms with Crippen molar-refractivity contribution in [2.75, 3.05) is 0 Å². The fourth-order valence-corrected chi connectivity index (χ4v) is 3.12. The van der Waals surface area contributed by atoms with Crippen LogP contribution >= 0.6 is 0 Å². The van der Waals surface area contributed by atoms with Crippen molar-refractivity contribution in [3.8, 4) is 0 Å². The second-order valence-corrected chi connectivity index (χ2v) is 6.75. The van der Waals surface area contributed by atoms with Gasteiger partial charge in [0.2, 0.25) is 0 Å². The van der Waals surface area contributed by atoms with Crippen molar-refractivity contribution in [1.82, 2.24) is 0 Å². The van der Waals surface area contributed by atoms with Crippen LogP contribution in [-0.2, 0) is 5.41 Å². The number of benzene rings is 3. The van der Waals surface area contributed by atoms with E-state index < -0.39 is 0 Å². The third-order valence-electron chi connectivity index (χ3n) is 4.64. The number of hydrogen-bond acceptors (Lipinski definition) is 0. The Morgan fingerprint density at radius 3 is 2.05 bits per heavy atom. The molecule has 3 aromatic rings. The van der Waals surface area contributed by atoms with Crippen molar-refractivity contribution in [2.24, 2.45) is 0 Å². The highest BCUT2D eigenvalue weighted by molar-refractivity contribution is 5.98. The van der Waals surface area contributed by atoms with Gasteiger partial charge in [0.05, 0.1) is 0 Å². The topological polar surface area (TPSA) is 0 Å². The highest BCUT2D eigenvalue weighted by atomic mass is 14.2. The lowest BCUT2D eigenvalue weighted by atomic mass is 9.79. The Bertz CT molecular complexity index is 765. The van der Waals surface area contributed by atoms with Gasteiger partial charge in [-0.25, -0.2) is 0 Å². The SMILES string of the molecule is CCCCC(C)(C)c1ccc2cc3ccccc3cc2c1. The Hall–Kier alpha value is -1.82. The molecule has 0 saturated carbocycles. The molecule has 0 unspecified atom stereocenters. The molecule has 3 rings (SSSR count). The minimum Gasteiger partial charge on any atom is -0.0654 e. The predicted octanol–water partition coefficient (Wildman–Crippen LogP) is 6.46. The second-order valence-electron chi connectivity index (χ2n) is 6.75. The first-order valence-corrected chi connectivity index (χ1v) is 8.03. The second kappa shape index (κ2) is 5.52. The highest BCUT2D eigenvalue weighted by Gasteiger charge is 2.19. The van der Waals surface area contributed by atoms with Gasteiger partial charge in [0.1, 0.15) is 0 Å². The largest absolute Gasteiger partial charge is 0.0654 e. The Kier molecular flexibility index (Phi) is 3.71. The molecule has 21 heavy (non-hydrogen) atoms. The molecule has 0 amide bonds. The van der Waals surface area contributed by atoms with Gasteiger partial charge in [-0.2, -0.15) is 0 Å². The van der Waals surface area contributed by atoms with Crippen LogP contribution in [0.3, 0.4) is 0 Å². The first kappa shape index (κ1) is 14.1. The smallest absolute Gasteiger partial charge is 0.0103 e. The first-order chi connectivity index (χ1) is 10.1. The standard InChI is InChI=1S/C21H24/c1-4-5-12-21(2,3)20-11-10-18-13-16-8-6-7-9-17(16)14-19(18)15-20/h6-11,13-15H,4-5,12H2,1-3H3. The summed E-state index contributed by atoms with van der Waals surface area (Å²) in [4.78, 5) is 0. The summed E-state index contributed by atoms with van der Waals surface area (Å²) in [5.74, 6) is 0. The highest BCUT2D eigenvalue weighted by Crippen LogP contribution is 2.32. The van der Waals surface area contributed by atoms with Gasteiger partial charge in [0.25, 0.3) is 0 Å². The van der Waals surface area contributed by atoms with Crippen LogP contribution < -0.4 is 0 Å². The van der Waals surface area contributed by atoms with Gasteiger partial charge in [-0.1, -0.05) is 76.1 Å². The number of hydrogen-bond donors (Lipinski definition) is 0. The molecular weight excluding hydrogens is 252 g/mol. The monoisotopic (exact) mass is 276 g/mol. The Labute approximate surface area is 127 Å². The van der Waals surface area contributed by atoms with E-state index in [4.69, 9.17) is 0 Å².